The van der Waals surface area contributed by atoms with Crippen LogP contribution >= 0.6 is 0 Å². The molecule has 0 aliphatic carbocycles. The quantitative estimate of drug-likeness (QED) is 0.235. The van der Waals surface area contributed by atoms with Crippen molar-refractivity contribution in [1.29, 1.82) is 0 Å². The monoisotopic (exact) mass is 487 g/mol. The molecule has 1 amide bonds. The lowest BCUT2D eigenvalue weighted by Crippen LogP contribution is -2.25. The fourth-order valence-corrected chi connectivity index (χ4v) is 4.31. The zero-order valence-electron chi connectivity index (χ0n) is 21.1. The maximum absolute atomic E-state index is 13.7. The van der Waals surface area contributed by atoms with Crippen LogP contribution in [0.3, 0.4) is 0 Å². The first kappa shape index (κ1) is 25.4. The summed E-state index contributed by atoms with van der Waals surface area (Å²) in [5.74, 6) is 1.14. The molecule has 1 heterocycles. The van der Waals surface area contributed by atoms with Gasteiger partial charge in [0.25, 0.3) is 5.91 Å². The standard InChI is InChI=1S/C30H34FN3O2/c1-22-16-17-24(21-23(22)2)36-20-10-19-34-28-14-8-7-13-27(28)33-29(34)15-4-3-9-18-32-30(35)25-11-5-6-12-26(25)31/h5-8,11-14,16-17,21H,3-4,9-10,15,18-20H2,1-2H3,(H,32,35). The number of hydrogen-bond acceptors (Lipinski definition) is 3. The number of amides is 1. The average Bonchev–Trinajstić information content (AvgIpc) is 3.23. The van der Waals surface area contributed by atoms with Crippen molar-refractivity contribution in [3.05, 3.63) is 95.1 Å². The number of carbonyl (C=O) groups is 1. The molecule has 36 heavy (non-hydrogen) atoms. The number of ether oxygens (including phenoxy) is 1. The molecule has 0 atom stereocenters. The molecule has 0 saturated carbocycles. The first-order valence-electron chi connectivity index (χ1n) is 12.7. The molecular formula is C30H34FN3O2. The molecule has 1 N–H and O–H groups in total. The van der Waals surface area contributed by atoms with Gasteiger partial charge in [-0.2, -0.15) is 0 Å². The Morgan fingerprint density at radius 1 is 0.944 bits per heavy atom. The summed E-state index contributed by atoms with van der Waals surface area (Å²) in [6.45, 7) is 6.23. The molecule has 1 aromatic heterocycles. The molecule has 0 aliphatic rings. The Morgan fingerprint density at radius 3 is 2.58 bits per heavy atom. The first-order chi connectivity index (χ1) is 17.5. The Balaban J connectivity index is 1.25. The molecule has 6 heteroatoms. The van der Waals surface area contributed by atoms with E-state index in [-0.39, 0.29) is 11.5 Å². The van der Waals surface area contributed by atoms with Gasteiger partial charge < -0.3 is 14.6 Å². The van der Waals surface area contributed by atoms with Crippen LogP contribution in [-0.2, 0) is 13.0 Å². The van der Waals surface area contributed by atoms with Crippen LogP contribution in [0.1, 0.15) is 53.0 Å². The Labute approximate surface area is 212 Å². The minimum absolute atomic E-state index is 0.0905. The van der Waals surface area contributed by atoms with Gasteiger partial charge in [0, 0.05) is 19.5 Å². The van der Waals surface area contributed by atoms with Gasteiger partial charge in [0.2, 0.25) is 0 Å². The zero-order valence-corrected chi connectivity index (χ0v) is 21.1. The summed E-state index contributed by atoms with van der Waals surface area (Å²) in [6.07, 6.45) is 4.52. The van der Waals surface area contributed by atoms with Crippen LogP contribution in [0.5, 0.6) is 5.75 Å². The van der Waals surface area contributed by atoms with E-state index in [9.17, 15) is 9.18 Å². The van der Waals surface area contributed by atoms with Gasteiger partial charge in [-0.25, -0.2) is 9.37 Å². The average molecular weight is 488 g/mol. The van der Waals surface area contributed by atoms with Gasteiger partial charge in [-0.3, -0.25) is 4.79 Å². The summed E-state index contributed by atoms with van der Waals surface area (Å²) in [7, 11) is 0. The fraction of sp³-hybridized carbons (Fsp3) is 0.333. The van der Waals surface area contributed by atoms with Gasteiger partial charge in [-0.05, 0) is 80.6 Å². The number of aryl methyl sites for hydroxylation is 4. The number of rotatable bonds is 12. The molecular weight excluding hydrogens is 453 g/mol. The molecule has 0 spiro atoms. The van der Waals surface area contributed by atoms with Crippen molar-refractivity contribution >= 4 is 16.9 Å². The number of halogens is 1. The molecule has 0 bridgehead atoms. The van der Waals surface area contributed by atoms with Crippen molar-refractivity contribution < 1.29 is 13.9 Å². The highest BCUT2D eigenvalue weighted by Gasteiger charge is 2.11. The van der Waals surface area contributed by atoms with Gasteiger partial charge >= 0.3 is 0 Å². The van der Waals surface area contributed by atoms with Crippen LogP contribution in [-0.4, -0.2) is 28.6 Å². The first-order valence-corrected chi connectivity index (χ1v) is 12.7. The number of fused-ring (bicyclic) bond motifs is 1. The van der Waals surface area contributed by atoms with Gasteiger partial charge in [-0.1, -0.05) is 36.8 Å². The summed E-state index contributed by atoms with van der Waals surface area (Å²) >= 11 is 0. The fourth-order valence-electron chi connectivity index (χ4n) is 4.31. The SMILES string of the molecule is Cc1ccc(OCCCn2c(CCCCCNC(=O)c3ccccc3F)nc3ccccc32)cc1C. The number of aromatic nitrogens is 2. The third kappa shape index (κ3) is 6.51. The van der Waals surface area contributed by atoms with Crippen LogP contribution < -0.4 is 10.1 Å². The number of imidazole rings is 1. The normalized spacial score (nSPS) is 11.1. The topological polar surface area (TPSA) is 56.1 Å². The van der Waals surface area contributed by atoms with Gasteiger partial charge in [0.15, 0.2) is 0 Å². The Bertz CT molecular complexity index is 1310. The smallest absolute Gasteiger partial charge is 0.254 e. The van der Waals surface area contributed by atoms with E-state index < -0.39 is 5.82 Å². The Hall–Kier alpha value is -3.67. The molecule has 3 aromatic carbocycles. The molecule has 188 valence electrons. The zero-order chi connectivity index (χ0) is 25.3. The number of hydrogen-bond donors (Lipinski definition) is 1. The van der Waals surface area contributed by atoms with E-state index in [0.717, 1.165) is 61.3 Å². The van der Waals surface area contributed by atoms with Gasteiger partial charge in [0.05, 0.1) is 23.2 Å². The van der Waals surface area contributed by atoms with Crippen molar-refractivity contribution in [2.45, 2.75) is 52.5 Å². The minimum Gasteiger partial charge on any atom is -0.494 e. The highest BCUT2D eigenvalue weighted by atomic mass is 19.1. The van der Waals surface area contributed by atoms with Crippen molar-refractivity contribution in [3.63, 3.8) is 0 Å². The summed E-state index contributed by atoms with van der Waals surface area (Å²) in [5, 5.41) is 2.81. The highest BCUT2D eigenvalue weighted by molar-refractivity contribution is 5.94. The van der Waals surface area contributed by atoms with E-state index in [4.69, 9.17) is 9.72 Å². The molecule has 0 saturated heterocycles. The van der Waals surface area contributed by atoms with E-state index in [0.29, 0.717) is 13.2 Å². The maximum Gasteiger partial charge on any atom is 0.254 e. The second-order valence-corrected chi connectivity index (χ2v) is 9.16. The second kappa shape index (κ2) is 12.3. The van der Waals surface area contributed by atoms with Crippen molar-refractivity contribution in [1.82, 2.24) is 14.9 Å². The van der Waals surface area contributed by atoms with Gasteiger partial charge in [0.1, 0.15) is 17.4 Å². The van der Waals surface area contributed by atoms with Crippen molar-refractivity contribution in [3.8, 4) is 5.75 Å². The molecule has 4 aromatic rings. The predicted octanol–water partition coefficient (Wildman–Crippen LogP) is 6.40. The summed E-state index contributed by atoms with van der Waals surface area (Å²) in [5.41, 5.74) is 4.76. The van der Waals surface area contributed by atoms with Crippen LogP contribution in [0.4, 0.5) is 4.39 Å². The highest BCUT2D eigenvalue weighted by Crippen LogP contribution is 2.20. The number of nitrogens with zero attached hydrogens (tertiary/aromatic N) is 2. The lowest BCUT2D eigenvalue weighted by molar-refractivity contribution is 0.0949. The molecule has 0 radical (unpaired) electrons. The lowest BCUT2D eigenvalue weighted by Gasteiger charge is -2.11. The Morgan fingerprint density at radius 2 is 1.75 bits per heavy atom. The number of benzene rings is 3. The van der Waals surface area contributed by atoms with Crippen LogP contribution in [0.2, 0.25) is 0 Å². The maximum atomic E-state index is 13.7. The molecule has 0 unspecified atom stereocenters. The van der Waals surface area contributed by atoms with E-state index in [1.165, 1.54) is 23.3 Å². The minimum atomic E-state index is -0.492. The number of nitrogens with one attached hydrogen (secondary N) is 1. The third-order valence-electron chi connectivity index (χ3n) is 6.49. The third-order valence-corrected chi connectivity index (χ3v) is 6.49. The number of unbranched alkanes of at least 4 members (excludes halogenated alkanes) is 2. The lowest BCUT2D eigenvalue weighted by atomic mass is 10.1. The number of carbonyl (C=O) groups excluding carboxylic acids is 1. The molecule has 5 nitrogen and oxygen atoms in total. The van der Waals surface area contributed by atoms with E-state index in [1.807, 2.05) is 18.2 Å². The summed E-state index contributed by atoms with van der Waals surface area (Å²) in [4.78, 5) is 17.0. The van der Waals surface area contributed by atoms with E-state index in [1.54, 1.807) is 12.1 Å². The van der Waals surface area contributed by atoms with Crippen molar-refractivity contribution in [2.24, 2.45) is 0 Å². The molecule has 4 rings (SSSR count). The largest absolute Gasteiger partial charge is 0.494 e. The predicted molar refractivity (Wildman–Crippen MR) is 142 cm³/mol. The van der Waals surface area contributed by atoms with Crippen LogP contribution in [0.25, 0.3) is 11.0 Å². The van der Waals surface area contributed by atoms with Gasteiger partial charge in [-0.15, -0.1) is 0 Å². The number of para-hydroxylation sites is 2. The van der Waals surface area contributed by atoms with Crippen LogP contribution in [0, 0.1) is 19.7 Å². The second-order valence-electron chi connectivity index (χ2n) is 9.16. The summed E-state index contributed by atoms with van der Waals surface area (Å²) < 4.78 is 22.0. The van der Waals surface area contributed by atoms with E-state index in [2.05, 4.69) is 48.0 Å². The van der Waals surface area contributed by atoms with E-state index >= 15 is 0 Å². The molecule has 0 aliphatic heterocycles. The summed E-state index contributed by atoms with van der Waals surface area (Å²) in [6, 6.07) is 20.5. The Kier molecular flexibility index (Phi) is 8.71. The van der Waals surface area contributed by atoms with Crippen LogP contribution in [0.15, 0.2) is 66.7 Å². The van der Waals surface area contributed by atoms with Crippen molar-refractivity contribution in [2.75, 3.05) is 13.2 Å². The molecule has 0 fully saturated rings.